The van der Waals surface area contributed by atoms with Gasteiger partial charge >= 0.3 is 0 Å². The highest BCUT2D eigenvalue weighted by atomic mass is 35.5. The fourth-order valence-corrected chi connectivity index (χ4v) is 5.78. The number of benzene rings is 2. The number of sulfonamides is 1. The van der Waals surface area contributed by atoms with Crippen LogP contribution in [0.25, 0.3) is 11.0 Å². The Balaban J connectivity index is 1.51. The molecule has 11 heteroatoms. The van der Waals surface area contributed by atoms with Crippen LogP contribution in [0.4, 0.5) is 11.5 Å². The number of anilines is 2. The number of rotatable bonds is 6. The summed E-state index contributed by atoms with van der Waals surface area (Å²) in [5.41, 5.74) is 7.62. The molecule has 0 spiro atoms. The van der Waals surface area contributed by atoms with Crippen molar-refractivity contribution in [1.29, 1.82) is 0 Å². The molecule has 1 aliphatic carbocycles. The normalized spacial score (nSPS) is 14.2. The Labute approximate surface area is 205 Å². The number of ketones is 1. The lowest BCUT2D eigenvalue weighted by Gasteiger charge is -2.27. The van der Waals surface area contributed by atoms with Crippen LogP contribution in [0.2, 0.25) is 10.0 Å². The number of hydrogen-bond donors (Lipinski definition) is 2. The minimum atomic E-state index is -3.98. The van der Waals surface area contributed by atoms with E-state index in [9.17, 15) is 13.2 Å². The van der Waals surface area contributed by atoms with Crippen LogP contribution >= 0.6 is 23.2 Å². The lowest BCUT2D eigenvalue weighted by Crippen LogP contribution is -2.16. The second-order valence-electron chi connectivity index (χ2n) is 8.11. The molecule has 8 nitrogen and oxygen atoms in total. The van der Waals surface area contributed by atoms with Crippen LogP contribution in [-0.4, -0.2) is 28.7 Å². The summed E-state index contributed by atoms with van der Waals surface area (Å²) in [4.78, 5) is 21.8. The predicted octanol–water partition coefficient (Wildman–Crippen LogP) is 5.08. The number of nitrogen functional groups attached to an aromatic ring is 1. The van der Waals surface area contributed by atoms with Gasteiger partial charge in [0.1, 0.15) is 17.8 Å². The van der Waals surface area contributed by atoms with Crippen molar-refractivity contribution in [2.45, 2.75) is 30.2 Å². The van der Waals surface area contributed by atoms with Crippen molar-refractivity contribution in [2.75, 3.05) is 10.5 Å². The summed E-state index contributed by atoms with van der Waals surface area (Å²) >= 11 is 11.9. The number of carbonyl (C=O) groups excluding carboxylic acids is 1. The van der Waals surface area contributed by atoms with Crippen LogP contribution in [0.5, 0.6) is 0 Å². The molecule has 0 aliphatic heterocycles. The quantitative estimate of drug-likeness (QED) is 0.345. The van der Waals surface area contributed by atoms with Gasteiger partial charge in [0.2, 0.25) is 0 Å². The van der Waals surface area contributed by atoms with Gasteiger partial charge in [-0.2, -0.15) is 0 Å². The van der Waals surface area contributed by atoms with Gasteiger partial charge in [-0.3, -0.25) is 9.52 Å². The van der Waals surface area contributed by atoms with E-state index in [-0.39, 0.29) is 38.3 Å². The Morgan fingerprint density at radius 2 is 1.82 bits per heavy atom. The topological polar surface area (TPSA) is 120 Å². The molecule has 174 valence electrons. The molecule has 3 N–H and O–H groups in total. The molecule has 5 rings (SSSR count). The van der Waals surface area contributed by atoms with Crippen molar-refractivity contribution in [3.63, 3.8) is 0 Å². The molecule has 4 aromatic rings. The molecule has 2 aromatic carbocycles. The van der Waals surface area contributed by atoms with Gasteiger partial charge in [0, 0.05) is 33.5 Å². The fraction of sp³-hybridized carbons (Fsp3) is 0.174. The van der Waals surface area contributed by atoms with Gasteiger partial charge in [-0.05, 0) is 49.6 Å². The number of halogens is 2. The first kappa shape index (κ1) is 22.6. The SMILES string of the molecule is Nc1ncnc2c1c(C(=O)c1cccc(NS(=O)(=O)c3cc(Cl)cc(Cl)c3)c1)cn2C1CCC1. The third-order valence-corrected chi connectivity index (χ3v) is 7.67. The highest BCUT2D eigenvalue weighted by molar-refractivity contribution is 7.92. The smallest absolute Gasteiger partial charge is 0.261 e. The van der Waals surface area contributed by atoms with Crippen LogP contribution in [0.3, 0.4) is 0 Å². The van der Waals surface area contributed by atoms with Crippen LogP contribution < -0.4 is 10.5 Å². The largest absolute Gasteiger partial charge is 0.383 e. The number of hydrogen-bond acceptors (Lipinski definition) is 6. The molecule has 1 saturated carbocycles. The molecule has 2 aromatic heterocycles. The zero-order valence-corrected chi connectivity index (χ0v) is 20.0. The zero-order valence-electron chi connectivity index (χ0n) is 17.7. The number of nitrogens with one attached hydrogen (secondary N) is 1. The molecule has 0 amide bonds. The first-order chi connectivity index (χ1) is 16.2. The third kappa shape index (κ3) is 4.11. The summed E-state index contributed by atoms with van der Waals surface area (Å²) in [5.74, 6) is -0.0856. The lowest BCUT2D eigenvalue weighted by atomic mass is 9.93. The van der Waals surface area contributed by atoms with Gasteiger partial charge in [-0.25, -0.2) is 18.4 Å². The summed E-state index contributed by atoms with van der Waals surface area (Å²) < 4.78 is 30.1. The fourth-order valence-electron chi connectivity index (χ4n) is 4.00. The van der Waals surface area contributed by atoms with Gasteiger partial charge in [-0.15, -0.1) is 0 Å². The molecule has 1 fully saturated rings. The minimum Gasteiger partial charge on any atom is -0.383 e. The molecular weight excluding hydrogens is 497 g/mol. The maximum Gasteiger partial charge on any atom is 0.261 e. The van der Waals surface area contributed by atoms with Gasteiger partial charge < -0.3 is 10.3 Å². The molecule has 1 aliphatic rings. The van der Waals surface area contributed by atoms with E-state index in [1.54, 1.807) is 24.4 Å². The zero-order chi connectivity index (χ0) is 24.0. The van der Waals surface area contributed by atoms with E-state index in [0.717, 1.165) is 19.3 Å². The van der Waals surface area contributed by atoms with Crippen molar-refractivity contribution in [2.24, 2.45) is 0 Å². The standard InChI is InChI=1S/C23H19Cl2N5O3S/c24-14-8-15(25)10-18(9-14)34(32,33)29-16-4-1-3-13(7-16)21(31)19-11-30(17-5-2-6-17)23-20(19)22(26)27-12-28-23/h1,3-4,7-12,17,29H,2,5-6H2,(H2,26,27,28). The van der Waals surface area contributed by atoms with Gasteiger partial charge in [0.25, 0.3) is 10.0 Å². The molecular formula is C23H19Cl2N5O3S. The van der Waals surface area contributed by atoms with Crippen LogP contribution in [0.1, 0.15) is 41.2 Å². The van der Waals surface area contributed by atoms with Crippen molar-refractivity contribution in [3.8, 4) is 0 Å². The number of fused-ring (bicyclic) bond motifs is 1. The molecule has 34 heavy (non-hydrogen) atoms. The molecule has 0 unspecified atom stereocenters. The maximum absolute atomic E-state index is 13.5. The second-order valence-corrected chi connectivity index (χ2v) is 10.7. The van der Waals surface area contributed by atoms with Crippen molar-refractivity contribution in [3.05, 3.63) is 76.2 Å². The summed E-state index contributed by atoms with van der Waals surface area (Å²) in [5, 5.41) is 0.887. The molecule has 0 saturated heterocycles. The Morgan fingerprint density at radius 3 is 2.50 bits per heavy atom. The van der Waals surface area contributed by atoms with Crippen LogP contribution in [0, 0.1) is 0 Å². The van der Waals surface area contributed by atoms with Gasteiger partial charge in [-0.1, -0.05) is 35.3 Å². The summed E-state index contributed by atoms with van der Waals surface area (Å²) in [6, 6.07) is 10.5. The van der Waals surface area contributed by atoms with E-state index in [1.807, 2.05) is 4.57 Å². The predicted molar refractivity (Wildman–Crippen MR) is 132 cm³/mol. The van der Waals surface area contributed by atoms with Crippen molar-refractivity contribution < 1.29 is 13.2 Å². The summed E-state index contributed by atoms with van der Waals surface area (Å²) in [6.07, 6.45) is 6.29. The number of carbonyl (C=O) groups is 1. The maximum atomic E-state index is 13.5. The number of nitrogens with two attached hydrogens (primary N) is 1. The van der Waals surface area contributed by atoms with E-state index in [0.29, 0.717) is 22.2 Å². The average molecular weight is 516 g/mol. The monoisotopic (exact) mass is 515 g/mol. The Kier molecular flexibility index (Phi) is 5.71. The van der Waals surface area contributed by atoms with E-state index in [2.05, 4.69) is 14.7 Å². The van der Waals surface area contributed by atoms with Crippen LogP contribution in [0.15, 0.2) is 59.9 Å². The first-order valence-corrected chi connectivity index (χ1v) is 12.7. The highest BCUT2D eigenvalue weighted by Crippen LogP contribution is 2.37. The second kappa shape index (κ2) is 8.57. The molecule has 2 heterocycles. The molecule has 0 radical (unpaired) electrons. The number of aromatic nitrogens is 3. The van der Waals surface area contributed by atoms with Crippen LogP contribution in [-0.2, 0) is 10.0 Å². The minimum absolute atomic E-state index is 0.0878. The van der Waals surface area contributed by atoms with E-state index in [4.69, 9.17) is 28.9 Å². The Bertz CT molecular complexity index is 1530. The first-order valence-electron chi connectivity index (χ1n) is 10.5. The van der Waals surface area contributed by atoms with E-state index in [1.165, 1.54) is 30.6 Å². The summed E-state index contributed by atoms with van der Waals surface area (Å²) in [6.45, 7) is 0. The molecule has 0 bridgehead atoms. The van der Waals surface area contributed by atoms with Crippen molar-refractivity contribution >= 4 is 61.5 Å². The average Bonchev–Trinajstić information content (AvgIpc) is 3.12. The highest BCUT2D eigenvalue weighted by Gasteiger charge is 2.27. The summed E-state index contributed by atoms with van der Waals surface area (Å²) in [7, 11) is -3.98. The number of nitrogens with zero attached hydrogens (tertiary/aromatic N) is 3. The van der Waals surface area contributed by atoms with Gasteiger partial charge in [0.15, 0.2) is 5.78 Å². The van der Waals surface area contributed by atoms with Gasteiger partial charge in [0.05, 0.1) is 15.8 Å². The van der Waals surface area contributed by atoms with E-state index < -0.39 is 10.0 Å². The Hall–Kier alpha value is -3.14. The van der Waals surface area contributed by atoms with E-state index >= 15 is 0 Å². The Morgan fingerprint density at radius 1 is 1.09 bits per heavy atom. The van der Waals surface area contributed by atoms with Crippen molar-refractivity contribution in [1.82, 2.24) is 14.5 Å². The lowest BCUT2D eigenvalue weighted by molar-refractivity contribution is 0.104. The molecule has 0 atom stereocenters. The third-order valence-electron chi connectivity index (χ3n) is 5.87.